The molecule has 10 aromatic rings. The van der Waals surface area contributed by atoms with Crippen LogP contribution in [0.3, 0.4) is 0 Å². The van der Waals surface area contributed by atoms with Gasteiger partial charge in [-0.15, -0.1) is 11.3 Å². The Balaban J connectivity index is 1.12. The largest absolute Gasteiger partial charge is 0.309 e. The molecular weight excluding hydrogens is 647 g/mol. The first-order chi connectivity index (χ1) is 25.8. The highest BCUT2D eigenvalue weighted by Crippen LogP contribution is 2.58. The van der Waals surface area contributed by atoms with Crippen molar-refractivity contribution in [1.29, 1.82) is 0 Å². The monoisotopic (exact) mass is 677 g/mol. The predicted octanol–water partition coefficient (Wildman–Crippen LogP) is 14.8. The van der Waals surface area contributed by atoms with E-state index in [0.717, 1.165) is 11.4 Å². The third-order valence-corrected chi connectivity index (χ3v) is 12.0. The van der Waals surface area contributed by atoms with E-state index in [2.05, 4.69) is 193 Å². The Bertz CT molecular complexity index is 2990. The zero-order valence-corrected chi connectivity index (χ0v) is 29.1. The summed E-state index contributed by atoms with van der Waals surface area (Å²) in [6, 6.07) is 69.1. The van der Waals surface area contributed by atoms with Crippen LogP contribution in [0.5, 0.6) is 0 Å². The number of benzene rings is 9. The van der Waals surface area contributed by atoms with Gasteiger partial charge >= 0.3 is 0 Å². The Morgan fingerprint density at radius 2 is 0.904 bits per heavy atom. The fourth-order valence-corrected chi connectivity index (χ4v) is 9.50. The summed E-state index contributed by atoms with van der Waals surface area (Å²) in [6.07, 6.45) is 0. The summed E-state index contributed by atoms with van der Waals surface area (Å²) in [6.45, 7) is 0. The van der Waals surface area contributed by atoms with E-state index in [4.69, 9.17) is 0 Å². The Kier molecular flexibility index (Phi) is 6.49. The molecular formula is C50H31NS. The molecule has 1 aliphatic rings. The van der Waals surface area contributed by atoms with E-state index in [0.29, 0.717) is 0 Å². The van der Waals surface area contributed by atoms with Gasteiger partial charge < -0.3 is 4.90 Å². The number of rotatable bonds is 5. The average Bonchev–Trinajstić information content (AvgIpc) is 3.60. The summed E-state index contributed by atoms with van der Waals surface area (Å²) in [5.74, 6) is 0. The fraction of sp³-hybridized carbons (Fsp3) is 0. The predicted molar refractivity (Wildman–Crippen MR) is 224 cm³/mol. The van der Waals surface area contributed by atoms with Gasteiger partial charge in [0.25, 0.3) is 0 Å². The van der Waals surface area contributed by atoms with Gasteiger partial charge in [-0.05, 0) is 104 Å². The quantitative estimate of drug-likeness (QED) is 0.175. The summed E-state index contributed by atoms with van der Waals surface area (Å²) in [4.78, 5) is 2.48. The van der Waals surface area contributed by atoms with Crippen LogP contribution in [-0.2, 0) is 0 Å². The maximum Gasteiger partial charge on any atom is 0.0624 e. The lowest BCUT2D eigenvalue weighted by Crippen LogP contribution is -2.15. The van der Waals surface area contributed by atoms with Crippen molar-refractivity contribution < 1.29 is 0 Å². The Morgan fingerprint density at radius 1 is 0.346 bits per heavy atom. The molecule has 1 heterocycles. The lowest BCUT2D eigenvalue weighted by molar-refractivity contribution is 1.29. The molecule has 0 aliphatic heterocycles. The van der Waals surface area contributed by atoms with Crippen molar-refractivity contribution in [2.24, 2.45) is 0 Å². The maximum absolute atomic E-state index is 2.48. The van der Waals surface area contributed by atoms with Crippen LogP contribution >= 0.6 is 11.3 Å². The summed E-state index contributed by atoms with van der Waals surface area (Å²) < 4.78 is 2.66. The first-order valence-electron chi connectivity index (χ1n) is 17.8. The van der Waals surface area contributed by atoms with Gasteiger partial charge in [0.05, 0.1) is 5.69 Å². The summed E-state index contributed by atoms with van der Waals surface area (Å²) >= 11 is 1.88. The molecule has 0 fully saturated rings. The van der Waals surface area contributed by atoms with Gasteiger partial charge in [0.1, 0.15) is 0 Å². The second-order valence-corrected chi connectivity index (χ2v) is 14.7. The molecule has 0 radical (unpaired) electrons. The van der Waals surface area contributed by atoms with E-state index >= 15 is 0 Å². The van der Waals surface area contributed by atoms with E-state index < -0.39 is 0 Å². The molecule has 0 saturated carbocycles. The van der Waals surface area contributed by atoms with Crippen molar-refractivity contribution in [2.75, 3.05) is 4.90 Å². The summed E-state index contributed by atoms with van der Waals surface area (Å²) in [7, 11) is 0. The van der Waals surface area contributed by atoms with Gasteiger partial charge in [-0.25, -0.2) is 0 Å². The van der Waals surface area contributed by atoms with Crippen molar-refractivity contribution >= 4 is 70.1 Å². The second kappa shape index (κ2) is 11.5. The number of fused-ring (bicyclic) bond motifs is 9. The first kappa shape index (κ1) is 29.3. The van der Waals surface area contributed by atoms with Crippen LogP contribution in [0.15, 0.2) is 188 Å². The van der Waals surface area contributed by atoms with E-state index in [1.54, 1.807) is 0 Å². The van der Waals surface area contributed by atoms with Gasteiger partial charge in [-0.3, -0.25) is 0 Å². The number of hydrogen-bond donors (Lipinski definition) is 0. The minimum atomic E-state index is 1.13. The van der Waals surface area contributed by atoms with Crippen LogP contribution in [0.4, 0.5) is 17.1 Å². The minimum absolute atomic E-state index is 1.13. The molecule has 0 N–H and O–H groups in total. The SMILES string of the molecule is c1ccc(-c2ccc(N(c3ccc(-c4cccc5c4sc4ccccc45)cc3)c3c4c(cc5ccccc35)-c3cc5ccccc5cc3-4)cc2)cc1. The van der Waals surface area contributed by atoms with Crippen molar-refractivity contribution in [1.82, 2.24) is 0 Å². The maximum atomic E-state index is 2.48. The highest BCUT2D eigenvalue weighted by Gasteiger charge is 2.31. The van der Waals surface area contributed by atoms with Crippen LogP contribution in [0.2, 0.25) is 0 Å². The van der Waals surface area contributed by atoms with Crippen molar-refractivity contribution in [2.45, 2.75) is 0 Å². The van der Waals surface area contributed by atoms with Gasteiger partial charge in [-0.2, -0.15) is 0 Å². The molecule has 9 aromatic carbocycles. The van der Waals surface area contributed by atoms with Crippen LogP contribution in [0.1, 0.15) is 0 Å². The minimum Gasteiger partial charge on any atom is -0.309 e. The molecule has 0 unspecified atom stereocenters. The molecule has 0 bridgehead atoms. The lowest BCUT2D eigenvalue weighted by atomic mass is 9.76. The molecule has 242 valence electrons. The number of nitrogens with zero attached hydrogens (tertiary/aromatic N) is 1. The highest BCUT2D eigenvalue weighted by atomic mass is 32.1. The summed E-state index contributed by atoms with van der Waals surface area (Å²) in [5, 5.41) is 7.68. The van der Waals surface area contributed by atoms with Gasteiger partial charge in [0.15, 0.2) is 0 Å². The van der Waals surface area contributed by atoms with Gasteiger partial charge in [0.2, 0.25) is 0 Å². The normalized spacial score (nSPS) is 11.8. The van der Waals surface area contributed by atoms with Crippen molar-refractivity contribution in [3.8, 4) is 44.5 Å². The second-order valence-electron chi connectivity index (χ2n) is 13.7. The number of anilines is 3. The summed E-state index contributed by atoms with van der Waals surface area (Å²) in [5.41, 5.74) is 13.7. The third-order valence-electron chi connectivity index (χ3n) is 10.8. The molecule has 2 heteroatoms. The molecule has 0 spiro atoms. The molecule has 0 atom stereocenters. The topological polar surface area (TPSA) is 3.24 Å². The fourth-order valence-electron chi connectivity index (χ4n) is 8.26. The number of thiophene rings is 1. The number of hydrogen-bond acceptors (Lipinski definition) is 2. The first-order valence-corrected chi connectivity index (χ1v) is 18.7. The Hall–Kier alpha value is -6.48. The smallest absolute Gasteiger partial charge is 0.0624 e. The van der Waals surface area contributed by atoms with Crippen LogP contribution in [0.25, 0.3) is 86.2 Å². The molecule has 1 nitrogen and oxygen atoms in total. The van der Waals surface area contributed by atoms with Crippen molar-refractivity contribution in [3.05, 3.63) is 188 Å². The Morgan fingerprint density at radius 3 is 1.65 bits per heavy atom. The molecule has 11 rings (SSSR count). The third kappa shape index (κ3) is 4.48. The van der Waals surface area contributed by atoms with E-state index in [9.17, 15) is 0 Å². The highest BCUT2D eigenvalue weighted by molar-refractivity contribution is 7.26. The van der Waals surface area contributed by atoms with Crippen molar-refractivity contribution in [3.63, 3.8) is 0 Å². The standard InChI is InChI=1S/C50H31NS/c1-2-11-32(12-3-1)33-21-25-38(26-22-33)51(39-27-23-34(24-28-39)41-18-10-19-43-42-17-8-9-20-47(42)52-50(41)43)49-40-16-7-6-15-37(40)31-46-44-29-35-13-4-5-14-36(35)30-45(44)48(46)49/h1-31H. The molecule has 52 heavy (non-hydrogen) atoms. The van der Waals surface area contributed by atoms with E-state index in [1.165, 1.54) is 91.9 Å². The van der Waals surface area contributed by atoms with E-state index in [1.807, 2.05) is 11.3 Å². The zero-order valence-electron chi connectivity index (χ0n) is 28.3. The van der Waals surface area contributed by atoms with Gasteiger partial charge in [-0.1, -0.05) is 140 Å². The zero-order chi connectivity index (χ0) is 34.2. The van der Waals surface area contributed by atoms with Crippen LogP contribution in [-0.4, -0.2) is 0 Å². The molecule has 1 aliphatic carbocycles. The average molecular weight is 678 g/mol. The van der Waals surface area contributed by atoms with Crippen LogP contribution < -0.4 is 4.90 Å². The molecule has 0 amide bonds. The lowest BCUT2D eigenvalue weighted by Gasteiger charge is -2.35. The van der Waals surface area contributed by atoms with Gasteiger partial charge in [0, 0.05) is 42.5 Å². The molecule has 0 saturated heterocycles. The van der Waals surface area contributed by atoms with Crippen LogP contribution in [0, 0.1) is 0 Å². The molecule has 1 aromatic heterocycles. The Labute approximate surface area is 306 Å². The van der Waals surface area contributed by atoms with E-state index in [-0.39, 0.29) is 0 Å².